The molecule has 0 aliphatic carbocycles. The van der Waals surface area contributed by atoms with Crippen LogP contribution in [0.15, 0.2) is 48.5 Å². The number of ketones is 1. The van der Waals surface area contributed by atoms with Gasteiger partial charge in [0.15, 0.2) is 6.10 Å². The van der Waals surface area contributed by atoms with Crippen LogP contribution in [0, 0.1) is 18.7 Å². The van der Waals surface area contributed by atoms with E-state index in [1.165, 1.54) is 24.3 Å². The van der Waals surface area contributed by atoms with Crippen molar-refractivity contribution in [1.29, 1.82) is 0 Å². The van der Waals surface area contributed by atoms with Crippen molar-refractivity contribution in [3.05, 3.63) is 71.2 Å². The van der Waals surface area contributed by atoms with Crippen molar-refractivity contribution in [2.45, 2.75) is 32.8 Å². The summed E-state index contributed by atoms with van der Waals surface area (Å²) in [6, 6.07) is 12.8. The summed E-state index contributed by atoms with van der Waals surface area (Å²) in [4.78, 5) is 43.4. The summed E-state index contributed by atoms with van der Waals surface area (Å²) in [5.41, 5.74) is 2.48. The topological polar surface area (TPSA) is 79.5 Å². The Balaban J connectivity index is 1.42. The zero-order chi connectivity index (χ0) is 22.8. The molecule has 0 radical (unpaired) electrons. The highest BCUT2D eigenvalue weighted by Gasteiger charge is 2.32. The second-order valence-electron chi connectivity index (χ2n) is 8.21. The number of para-hydroxylation sites is 1. The van der Waals surface area contributed by atoms with Gasteiger partial charge in [0, 0.05) is 40.8 Å². The Hall–Kier alpha value is -3.48. The van der Waals surface area contributed by atoms with Crippen molar-refractivity contribution in [1.82, 2.24) is 9.88 Å². The minimum absolute atomic E-state index is 0.210. The van der Waals surface area contributed by atoms with Gasteiger partial charge >= 0.3 is 5.97 Å². The van der Waals surface area contributed by atoms with E-state index < -0.39 is 23.8 Å². The molecule has 1 aliphatic rings. The number of amides is 1. The molecule has 166 valence electrons. The summed E-state index contributed by atoms with van der Waals surface area (Å²) in [6.45, 7) is 4.12. The summed E-state index contributed by atoms with van der Waals surface area (Å²) in [5, 5.41) is 0.798. The van der Waals surface area contributed by atoms with Gasteiger partial charge in [-0.25, -0.2) is 4.39 Å². The highest BCUT2D eigenvalue weighted by atomic mass is 19.1. The molecule has 32 heavy (non-hydrogen) atoms. The van der Waals surface area contributed by atoms with Crippen LogP contribution in [0.1, 0.15) is 46.2 Å². The zero-order valence-electron chi connectivity index (χ0n) is 18.1. The predicted molar refractivity (Wildman–Crippen MR) is 118 cm³/mol. The fourth-order valence-electron chi connectivity index (χ4n) is 4.25. The number of nitrogens with one attached hydrogen (secondary N) is 1. The SMILES string of the molecule is Cc1[nH]c2ccccc2c1C(=O)C(C)OC(=O)C1CCCN(C(=O)c2ccc(F)cc2)C1. The molecule has 6 nitrogen and oxygen atoms in total. The number of ether oxygens (including phenoxy) is 1. The smallest absolute Gasteiger partial charge is 0.311 e. The van der Waals surface area contributed by atoms with E-state index >= 15 is 0 Å². The number of Topliss-reactive ketones (excluding diaryl/α,β-unsaturated/α-hetero) is 1. The third-order valence-corrected chi connectivity index (χ3v) is 5.94. The summed E-state index contributed by atoms with van der Waals surface area (Å²) in [5.74, 6) is -1.91. The summed E-state index contributed by atoms with van der Waals surface area (Å²) < 4.78 is 18.7. The lowest BCUT2D eigenvalue weighted by molar-refractivity contribution is -0.152. The number of benzene rings is 2. The number of esters is 1. The number of aromatic amines is 1. The maximum atomic E-state index is 13.1. The van der Waals surface area contributed by atoms with Crippen LogP contribution in [0.3, 0.4) is 0 Å². The lowest BCUT2D eigenvalue weighted by Crippen LogP contribution is -2.43. The van der Waals surface area contributed by atoms with Crippen molar-refractivity contribution in [2.75, 3.05) is 13.1 Å². The molecule has 2 atom stereocenters. The molecule has 3 aromatic rings. The van der Waals surface area contributed by atoms with Gasteiger partial charge in [-0.3, -0.25) is 14.4 Å². The van der Waals surface area contributed by atoms with Crippen LogP contribution >= 0.6 is 0 Å². The molecule has 1 N–H and O–H groups in total. The first-order chi connectivity index (χ1) is 15.3. The number of hydrogen-bond acceptors (Lipinski definition) is 4. The highest BCUT2D eigenvalue weighted by Crippen LogP contribution is 2.25. The normalized spacial score (nSPS) is 17.2. The molecule has 4 rings (SSSR count). The summed E-state index contributed by atoms with van der Waals surface area (Å²) in [6.07, 6.45) is 0.291. The molecular formula is C25H25FN2O4. The van der Waals surface area contributed by atoms with E-state index in [-0.39, 0.29) is 18.2 Å². The second-order valence-corrected chi connectivity index (χ2v) is 8.21. The molecule has 1 amide bonds. The Morgan fingerprint density at radius 3 is 2.59 bits per heavy atom. The maximum Gasteiger partial charge on any atom is 0.311 e. The lowest BCUT2D eigenvalue weighted by atomic mass is 9.97. The van der Waals surface area contributed by atoms with Crippen molar-refractivity contribution in [2.24, 2.45) is 5.92 Å². The monoisotopic (exact) mass is 436 g/mol. The predicted octanol–water partition coefficient (Wildman–Crippen LogP) is 4.28. The van der Waals surface area contributed by atoms with Crippen LogP contribution in [0.2, 0.25) is 0 Å². The van der Waals surface area contributed by atoms with Crippen LogP contribution in [-0.4, -0.2) is 46.7 Å². The van der Waals surface area contributed by atoms with Gasteiger partial charge < -0.3 is 14.6 Å². The molecule has 7 heteroatoms. The number of halogens is 1. The average Bonchev–Trinajstić information content (AvgIpc) is 3.14. The lowest BCUT2D eigenvalue weighted by Gasteiger charge is -2.32. The van der Waals surface area contributed by atoms with Crippen molar-refractivity contribution in [3.63, 3.8) is 0 Å². The van der Waals surface area contributed by atoms with E-state index in [9.17, 15) is 18.8 Å². The van der Waals surface area contributed by atoms with Gasteiger partial charge in [-0.1, -0.05) is 18.2 Å². The quantitative estimate of drug-likeness (QED) is 0.478. The summed E-state index contributed by atoms with van der Waals surface area (Å²) >= 11 is 0. The van der Waals surface area contributed by atoms with Crippen molar-refractivity contribution >= 4 is 28.6 Å². The number of likely N-dealkylation sites (tertiary alicyclic amines) is 1. The number of aromatic nitrogens is 1. The minimum atomic E-state index is -0.941. The Labute approximate surface area is 185 Å². The fourth-order valence-corrected chi connectivity index (χ4v) is 4.25. The molecule has 1 aliphatic heterocycles. The Morgan fingerprint density at radius 1 is 1.12 bits per heavy atom. The molecule has 1 fully saturated rings. The number of nitrogens with zero attached hydrogens (tertiary/aromatic N) is 1. The Kier molecular flexibility index (Phi) is 6.08. The third-order valence-electron chi connectivity index (χ3n) is 5.94. The first kappa shape index (κ1) is 21.7. The fraction of sp³-hybridized carbons (Fsp3) is 0.320. The number of fused-ring (bicyclic) bond motifs is 1. The largest absolute Gasteiger partial charge is 0.454 e. The Bertz CT molecular complexity index is 1170. The van der Waals surface area contributed by atoms with Crippen LogP contribution in [-0.2, 0) is 9.53 Å². The van der Waals surface area contributed by atoms with Crippen LogP contribution in [0.5, 0.6) is 0 Å². The minimum Gasteiger partial charge on any atom is -0.454 e. The number of carbonyl (C=O) groups excluding carboxylic acids is 3. The Morgan fingerprint density at radius 2 is 1.84 bits per heavy atom. The molecule has 0 spiro atoms. The van der Waals surface area contributed by atoms with Crippen molar-refractivity contribution in [3.8, 4) is 0 Å². The number of aryl methyl sites for hydroxylation is 1. The highest BCUT2D eigenvalue weighted by molar-refractivity contribution is 6.11. The van der Waals surface area contributed by atoms with E-state index in [4.69, 9.17) is 4.74 Å². The van der Waals surface area contributed by atoms with E-state index in [0.29, 0.717) is 30.5 Å². The number of piperidine rings is 1. The van der Waals surface area contributed by atoms with Gasteiger partial charge in [0.1, 0.15) is 5.82 Å². The van der Waals surface area contributed by atoms with Crippen LogP contribution in [0.25, 0.3) is 10.9 Å². The summed E-state index contributed by atoms with van der Waals surface area (Å²) in [7, 11) is 0. The second kappa shape index (κ2) is 8.94. The molecule has 1 aromatic heterocycles. The van der Waals surface area contributed by atoms with Gasteiger partial charge in [-0.15, -0.1) is 0 Å². The number of carbonyl (C=O) groups is 3. The van der Waals surface area contributed by atoms with E-state index in [0.717, 1.165) is 16.6 Å². The van der Waals surface area contributed by atoms with E-state index in [1.807, 2.05) is 31.2 Å². The third kappa shape index (κ3) is 4.28. The standard InChI is InChI=1S/C25H25FN2O4/c1-15-22(20-7-3-4-8-21(20)27-15)23(29)16(2)32-25(31)18-6-5-13-28(14-18)24(30)17-9-11-19(26)12-10-17/h3-4,7-12,16,18,27H,5-6,13-14H2,1-2H3. The number of rotatable bonds is 5. The van der Waals surface area contributed by atoms with Gasteiger partial charge in [0.2, 0.25) is 5.78 Å². The molecule has 0 bridgehead atoms. The zero-order valence-corrected chi connectivity index (χ0v) is 18.1. The first-order valence-electron chi connectivity index (χ1n) is 10.7. The van der Waals surface area contributed by atoms with E-state index in [1.54, 1.807) is 11.8 Å². The van der Waals surface area contributed by atoms with Crippen LogP contribution in [0.4, 0.5) is 4.39 Å². The molecule has 2 heterocycles. The molecule has 0 saturated carbocycles. The number of H-pyrrole nitrogens is 1. The number of hydrogen-bond donors (Lipinski definition) is 1. The van der Waals surface area contributed by atoms with Gasteiger partial charge in [-0.2, -0.15) is 0 Å². The van der Waals surface area contributed by atoms with E-state index in [2.05, 4.69) is 4.98 Å². The maximum absolute atomic E-state index is 13.1. The van der Waals surface area contributed by atoms with Gasteiger partial charge in [0.05, 0.1) is 5.92 Å². The van der Waals surface area contributed by atoms with Crippen LogP contribution < -0.4 is 0 Å². The average molecular weight is 436 g/mol. The van der Waals surface area contributed by atoms with Crippen molar-refractivity contribution < 1.29 is 23.5 Å². The molecule has 1 saturated heterocycles. The van der Waals surface area contributed by atoms with Gasteiger partial charge in [0.25, 0.3) is 5.91 Å². The van der Waals surface area contributed by atoms with Gasteiger partial charge in [-0.05, 0) is 57.0 Å². The molecule has 2 unspecified atom stereocenters. The molecular weight excluding hydrogens is 411 g/mol. The molecule has 2 aromatic carbocycles. The first-order valence-corrected chi connectivity index (χ1v) is 10.7.